The van der Waals surface area contributed by atoms with E-state index >= 15 is 0 Å². The molecular weight excluding hydrogens is 176 g/mol. The smallest absolute Gasteiger partial charge is 0.182 e. The number of carbonyl (C=O) groups is 1. The summed E-state index contributed by atoms with van der Waals surface area (Å²) < 4.78 is 0. The zero-order valence-electron chi connectivity index (χ0n) is 8.40. The van der Waals surface area contributed by atoms with Crippen molar-refractivity contribution >= 4 is 5.78 Å². The van der Waals surface area contributed by atoms with Gasteiger partial charge < -0.3 is 10.2 Å². The van der Waals surface area contributed by atoms with Crippen molar-refractivity contribution in [2.75, 3.05) is 0 Å². The fourth-order valence-corrected chi connectivity index (χ4v) is 1.55. The number of hydrogen-bond acceptors (Lipinski definition) is 3. The molecular formula is C11H14N2O. The lowest BCUT2D eigenvalue weighted by molar-refractivity contribution is -0.118. The lowest BCUT2D eigenvalue weighted by atomic mass is 10.1. The molecule has 0 saturated carbocycles. The van der Waals surface area contributed by atoms with E-state index in [1.165, 1.54) is 0 Å². The molecule has 2 heterocycles. The van der Waals surface area contributed by atoms with Crippen LogP contribution in [-0.2, 0) is 4.79 Å². The summed E-state index contributed by atoms with van der Waals surface area (Å²) in [5.41, 5.74) is 0.709. The molecule has 2 aliphatic rings. The van der Waals surface area contributed by atoms with Crippen molar-refractivity contribution in [3.8, 4) is 0 Å². The average molecular weight is 190 g/mol. The quantitative estimate of drug-likeness (QED) is 0.713. The number of ketones is 1. The van der Waals surface area contributed by atoms with E-state index in [1.807, 2.05) is 49.4 Å². The second kappa shape index (κ2) is 3.33. The first-order chi connectivity index (χ1) is 6.68. The van der Waals surface area contributed by atoms with Crippen LogP contribution >= 0.6 is 0 Å². The zero-order chi connectivity index (χ0) is 10.1. The van der Waals surface area contributed by atoms with Gasteiger partial charge in [0.15, 0.2) is 5.78 Å². The van der Waals surface area contributed by atoms with Crippen molar-refractivity contribution in [1.29, 1.82) is 0 Å². The summed E-state index contributed by atoms with van der Waals surface area (Å²) in [5, 5.41) is 3.17. The molecule has 0 spiro atoms. The van der Waals surface area contributed by atoms with Gasteiger partial charge in [0.25, 0.3) is 0 Å². The van der Waals surface area contributed by atoms with Gasteiger partial charge in [-0.2, -0.15) is 0 Å². The SMILES string of the molecule is CC(C)C(=O)C1=CN2C=CC=CC2N1. The van der Waals surface area contributed by atoms with Gasteiger partial charge in [0.2, 0.25) is 0 Å². The Balaban J connectivity index is 2.15. The van der Waals surface area contributed by atoms with Gasteiger partial charge in [0.1, 0.15) is 6.17 Å². The normalized spacial score (nSPS) is 23.5. The number of allylic oxidation sites excluding steroid dienone is 3. The van der Waals surface area contributed by atoms with Gasteiger partial charge in [-0.25, -0.2) is 0 Å². The van der Waals surface area contributed by atoms with Gasteiger partial charge in [-0.05, 0) is 12.2 Å². The van der Waals surface area contributed by atoms with Crippen LogP contribution in [0.3, 0.4) is 0 Å². The van der Waals surface area contributed by atoms with Crippen LogP contribution in [0.5, 0.6) is 0 Å². The summed E-state index contributed by atoms with van der Waals surface area (Å²) in [6, 6.07) is 0. The standard InChI is InChI=1S/C11H14N2O/c1-8(2)11(14)9-7-13-6-4-3-5-10(13)12-9/h3-8,10,12H,1-2H3. The second-order valence-electron chi connectivity index (χ2n) is 3.82. The molecule has 0 saturated heterocycles. The Kier molecular flexibility index (Phi) is 2.15. The zero-order valence-corrected chi connectivity index (χ0v) is 8.40. The summed E-state index contributed by atoms with van der Waals surface area (Å²) in [4.78, 5) is 13.7. The van der Waals surface area contributed by atoms with Crippen molar-refractivity contribution in [1.82, 2.24) is 10.2 Å². The third kappa shape index (κ3) is 1.45. The lowest BCUT2D eigenvalue weighted by Gasteiger charge is -2.20. The Bertz CT molecular complexity index is 339. The van der Waals surface area contributed by atoms with Crippen molar-refractivity contribution in [3.63, 3.8) is 0 Å². The molecule has 0 radical (unpaired) electrons. The first-order valence-corrected chi connectivity index (χ1v) is 4.83. The van der Waals surface area contributed by atoms with Gasteiger partial charge in [0.05, 0.1) is 5.70 Å². The van der Waals surface area contributed by atoms with Crippen molar-refractivity contribution < 1.29 is 4.79 Å². The number of nitrogens with zero attached hydrogens (tertiary/aromatic N) is 1. The monoisotopic (exact) mass is 190 g/mol. The largest absolute Gasteiger partial charge is 0.358 e. The van der Waals surface area contributed by atoms with E-state index < -0.39 is 0 Å². The molecule has 0 bridgehead atoms. The maximum Gasteiger partial charge on any atom is 0.182 e. The Labute approximate surface area is 83.8 Å². The van der Waals surface area contributed by atoms with Gasteiger partial charge in [0, 0.05) is 18.3 Å². The Morgan fingerprint density at radius 3 is 2.93 bits per heavy atom. The van der Waals surface area contributed by atoms with E-state index in [4.69, 9.17) is 0 Å². The summed E-state index contributed by atoms with van der Waals surface area (Å²) in [6.45, 7) is 3.82. The van der Waals surface area contributed by atoms with Crippen molar-refractivity contribution in [3.05, 3.63) is 36.3 Å². The maximum absolute atomic E-state index is 11.7. The van der Waals surface area contributed by atoms with Crippen molar-refractivity contribution in [2.45, 2.75) is 20.0 Å². The predicted octanol–water partition coefficient (Wildman–Crippen LogP) is 1.37. The first-order valence-electron chi connectivity index (χ1n) is 4.83. The highest BCUT2D eigenvalue weighted by Crippen LogP contribution is 2.18. The van der Waals surface area contributed by atoms with E-state index in [-0.39, 0.29) is 17.9 Å². The molecule has 1 N–H and O–H groups in total. The van der Waals surface area contributed by atoms with Crippen LogP contribution in [0.1, 0.15) is 13.8 Å². The number of hydrogen-bond donors (Lipinski definition) is 1. The highest BCUT2D eigenvalue weighted by Gasteiger charge is 2.25. The number of nitrogens with one attached hydrogen (secondary N) is 1. The van der Waals surface area contributed by atoms with Crippen LogP contribution in [0.2, 0.25) is 0 Å². The van der Waals surface area contributed by atoms with Gasteiger partial charge in [-0.15, -0.1) is 0 Å². The minimum absolute atomic E-state index is 0.0445. The van der Waals surface area contributed by atoms with E-state index in [0.29, 0.717) is 5.70 Å². The van der Waals surface area contributed by atoms with Crippen LogP contribution in [0.15, 0.2) is 36.3 Å². The van der Waals surface area contributed by atoms with Crippen LogP contribution in [0.4, 0.5) is 0 Å². The molecule has 74 valence electrons. The minimum Gasteiger partial charge on any atom is -0.358 e. The van der Waals surface area contributed by atoms with E-state index in [2.05, 4.69) is 5.32 Å². The molecule has 2 rings (SSSR count). The van der Waals surface area contributed by atoms with Crippen LogP contribution in [0.25, 0.3) is 0 Å². The van der Waals surface area contributed by atoms with Crippen LogP contribution in [-0.4, -0.2) is 16.8 Å². The fourth-order valence-electron chi connectivity index (χ4n) is 1.55. The van der Waals surface area contributed by atoms with E-state index in [0.717, 1.165) is 0 Å². The first kappa shape index (κ1) is 9.06. The van der Waals surface area contributed by atoms with Gasteiger partial charge >= 0.3 is 0 Å². The molecule has 0 aliphatic carbocycles. The summed E-state index contributed by atoms with van der Waals surface area (Å²) in [7, 11) is 0. The summed E-state index contributed by atoms with van der Waals surface area (Å²) in [5.74, 6) is 0.212. The fraction of sp³-hybridized carbons (Fsp3) is 0.364. The lowest BCUT2D eigenvalue weighted by Crippen LogP contribution is -2.33. The van der Waals surface area contributed by atoms with E-state index in [1.54, 1.807) is 0 Å². The van der Waals surface area contributed by atoms with Crippen LogP contribution < -0.4 is 5.32 Å². The van der Waals surface area contributed by atoms with E-state index in [9.17, 15) is 4.79 Å². The average Bonchev–Trinajstić information content (AvgIpc) is 2.59. The minimum atomic E-state index is 0.0445. The summed E-state index contributed by atoms with van der Waals surface area (Å²) >= 11 is 0. The molecule has 1 atom stereocenters. The molecule has 0 fully saturated rings. The van der Waals surface area contributed by atoms with Gasteiger partial charge in [-0.1, -0.05) is 19.9 Å². The summed E-state index contributed by atoms with van der Waals surface area (Å²) in [6.07, 6.45) is 9.91. The number of rotatable bonds is 2. The maximum atomic E-state index is 11.7. The van der Waals surface area contributed by atoms with Crippen molar-refractivity contribution in [2.24, 2.45) is 5.92 Å². The highest BCUT2D eigenvalue weighted by atomic mass is 16.1. The third-order valence-electron chi connectivity index (χ3n) is 2.36. The van der Waals surface area contributed by atoms with Crippen LogP contribution in [0, 0.1) is 5.92 Å². The Morgan fingerprint density at radius 1 is 1.50 bits per heavy atom. The Morgan fingerprint density at radius 2 is 2.29 bits per heavy atom. The molecule has 3 heteroatoms. The predicted molar refractivity (Wildman–Crippen MR) is 55.0 cm³/mol. The van der Waals surface area contributed by atoms with Gasteiger partial charge in [-0.3, -0.25) is 4.79 Å². The number of fused-ring (bicyclic) bond motifs is 1. The topological polar surface area (TPSA) is 32.3 Å². The highest BCUT2D eigenvalue weighted by molar-refractivity contribution is 5.96. The molecule has 0 aromatic heterocycles. The number of Topliss-reactive ketones (excluding diaryl/α,β-unsaturated/α-hetero) is 1. The molecule has 1 unspecified atom stereocenters. The number of carbonyl (C=O) groups excluding carboxylic acids is 1. The third-order valence-corrected chi connectivity index (χ3v) is 2.36. The Hall–Kier alpha value is -1.51. The molecule has 0 amide bonds. The molecule has 14 heavy (non-hydrogen) atoms. The molecule has 0 aromatic carbocycles. The second-order valence-corrected chi connectivity index (χ2v) is 3.82. The molecule has 0 aromatic rings. The molecule has 2 aliphatic heterocycles. The molecule has 3 nitrogen and oxygen atoms in total.